The molecule has 0 aliphatic carbocycles. The first-order valence-electron chi connectivity index (χ1n) is 39.2. The standard InChI is InChI=1S/3C35H23N3O/c1-3-11-24(12-4-1)37(25-13-5-2-6-14-25)27-22-31-30-21-26(19-20-34(30)39-35(31)36-23-27)38-32-17-9-7-15-28(32)29-16-8-10-18-33(29)38;1-3-11-24(12-4-1)37(25-13-5-2-6-14-25)26-19-20-34-30(21-26)31-22-27(23-36-35(31)39-34)38-32-17-9-7-15-28(32)29-16-8-10-18-33(29)38;1-3-11-24(12-4-1)37(25-13-5-2-6-14-25)33-23-36-22-30-29-21-26(19-20-34(29)39-35(30)33)38-31-17-9-7-15-27(31)28-16-8-10-18-32(28)38/h3*1-23H. The predicted octanol–water partition coefficient (Wildman–Crippen LogP) is 28.6. The SMILES string of the molecule is c1ccc(N(c2ccccc2)c2ccc3oc4ncc(-n5c6ccccc6c6ccccc65)cc4c3c2)cc1.c1ccc(N(c2ccccc2)c2cnc3oc4ccc(-n5c6ccccc6c6ccccc65)cc4c3c2)cc1.c1ccc(N(c2ccccc2)c2cncc3c2oc2ccc(-n4c5ccccc5c5ccccc54)cc23)cc1. The van der Waals surface area contributed by atoms with Crippen LogP contribution in [0.25, 0.3) is 149 Å². The number of pyridine rings is 3. The molecule has 0 spiro atoms. The number of anilines is 9. The molecule has 0 aliphatic rings. The van der Waals surface area contributed by atoms with Gasteiger partial charge < -0.3 is 41.7 Å². The van der Waals surface area contributed by atoms with E-state index in [9.17, 15) is 0 Å². The molecule has 0 saturated carbocycles. The Morgan fingerprint density at radius 2 is 0.496 bits per heavy atom. The van der Waals surface area contributed by atoms with E-state index in [1.807, 2.05) is 67.3 Å². The van der Waals surface area contributed by atoms with Crippen molar-refractivity contribution < 1.29 is 13.3 Å². The van der Waals surface area contributed by atoms with E-state index in [-0.39, 0.29) is 0 Å². The Morgan fingerprint density at radius 1 is 0.197 bits per heavy atom. The highest BCUT2D eigenvalue weighted by molar-refractivity contribution is 6.15. The minimum absolute atomic E-state index is 0.634. The van der Waals surface area contributed by atoms with E-state index in [0.29, 0.717) is 11.4 Å². The highest BCUT2D eigenvalue weighted by Crippen LogP contribution is 2.46. The maximum Gasteiger partial charge on any atom is 0.227 e. The normalized spacial score (nSPS) is 11.6. The summed E-state index contributed by atoms with van der Waals surface area (Å²) in [4.78, 5) is 20.9. The molecule has 24 aromatic rings. The number of hydrogen-bond donors (Lipinski definition) is 0. The molecule has 9 heterocycles. The smallest absolute Gasteiger partial charge is 0.227 e. The van der Waals surface area contributed by atoms with Crippen LogP contribution in [0.3, 0.4) is 0 Å². The van der Waals surface area contributed by atoms with Crippen molar-refractivity contribution >= 4 is 183 Å². The van der Waals surface area contributed by atoms with Crippen LogP contribution >= 0.6 is 0 Å². The fourth-order valence-electron chi connectivity index (χ4n) is 17.1. The molecule has 9 aromatic heterocycles. The van der Waals surface area contributed by atoms with Gasteiger partial charge in [-0.1, -0.05) is 218 Å². The Balaban J connectivity index is 0.000000106. The van der Waals surface area contributed by atoms with E-state index < -0.39 is 0 Å². The number of fused-ring (bicyclic) bond motifs is 18. The minimum atomic E-state index is 0.634. The molecular weight excluding hydrogens is 1440 g/mol. The zero-order valence-corrected chi connectivity index (χ0v) is 63.1. The zero-order valence-electron chi connectivity index (χ0n) is 63.1. The summed E-state index contributed by atoms with van der Waals surface area (Å²) in [6.45, 7) is 0. The summed E-state index contributed by atoms with van der Waals surface area (Å²) in [6.07, 6.45) is 7.59. The highest BCUT2D eigenvalue weighted by atomic mass is 16.3. The molecule has 0 bridgehead atoms. The van der Waals surface area contributed by atoms with Crippen molar-refractivity contribution in [3.05, 3.63) is 419 Å². The Labute approximate surface area is 671 Å². The van der Waals surface area contributed by atoms with Gasteiger partial charge in [-0.25, -0.2) is 9.97 Å². The van der Waals surface area contributed by atoms with E-state index in [1.165, 1.54) is 54.4 Å². The average Bonchev–Trinajstić information content (AvgIpc) is 1.59. The van der Waals surface area contributed by atoms with Gasteiger partial charge in [0.05, 0.1) is 73.8 Å². The molecule has 0 unspecified atom stereocenters. The van der Waals surface area contributed by atoms with Crippen molar-refractivity contribution in [2.45, 2.75) is 0 Å². The number of aromatic nitrogens is 6. The summed E-state index contributed by atoms with van der Waals surface area (Å²) < 4.78 is 25.9. The van der Waals surface area contributed by atoms with Crippen molar-refractivity contribution in [3.63, 3.8) is 0 Å². The molecule has 0 fully saturated rings. The van der Waals surface area contributed by atoms with Crippen LogP contribution in [0.2, 0.25) is 0 Å². The zero-order chi connectivity index (χ0) is 77.3. The Kier molecular flexibility index (Phi) is 16.6. The summed E-state index contributed by atoms with van der Waals surface area (Å²) in [5.74, 6) is 0. The second kappa shape index (κ2) is 28.6. The first-order valence-corrected chi connectivity index (χ1v) is 39.2. The number of nitrogens with zero attached hydrogens (tertiary/aromatic N) is 9. The van der Waals surface area contributed by atoms with Gasteiger partial charge in [-0.15, -0.1) is 0 Å². The lowest BCUT2D eigenvalue weighted by atomic mass is 10.1. The molecule has 12 nitrogen and oxygen atoms in total. The first-order chi connectivity index (χ1) is 58.1. The highest BCUT2D eigenvalue weighted by Gasteiger charge is 2.25. The summed E-state index contributed by atoms with van der Waals surface area (Å²) in [6, 6.07) is 137. The minimum Gasteiger partial charge on any atom is -0.454 e. The van der Waals surface area contributed by atoms with Crippen LogP contribution in [0.5, 0.6) is 0 Å². The van der Waals surface area contributed by atoms with Crippen LogP contribution in [0.4, 0.5) is 51.2 Å². The van der Waals surface area contributed by atoms with E-state index in [0.717, 1.165) is 134 Å². The average molecular weight is 1500 g/mol. The molecule has 0 N–H and O–H groups in total. The van der Waals surface area contributed by atoms with Crippen LogP contribution < -0.4 is 14.7 Å². The van der Waals surface area contributed by atoms with Crippen LogP contribution in [0, 0.1) is 0 Å². The maximum absolute atomic E-state index is 6.56. The molecule has 552 valence electrons. The molecule has 24 rings (SSSR count). The van der Waals surface area contributed by atoms with Crippen molar-refractivity contribution in [2.24, 2.45) is 0 Å². The molecule has 15 aromatic carbocycles. The molecule has 0 radical (unpaired) electrons. The van der Waals surface area contributed by atoms with Crippen molar-refractivity contribution in [3.8, 4) is 17.1 Å². The van der Waals surface area contributed by atoms with Gasteiger partial charge in [-0.2, -0.15) is 0 Å². The third kappa shape index (κ3) is 11.8. The lowest BCUT2D eigenvalue weighted by Crippen LogP contribution is -2.10. The molecule has 12 heteroatoms. The topological polar surface area (TPSA) is 103 Å². The van der Waals surface area contributed by atoms with Gasteiger partial charge in [-0.05, 0) is 176 Å². The quantitative estimate of drug-likeness (QED) is 0.118. The van der Waals surface area contributed by atoms with Gasteiger partial charge in [-0.3, -0.25) is 4.98 Å². The molecular formula is C105H69N9O3. The lowest BCUT2D eigenvalue weighted by molar-refractivity contribution is 0.653. The number of furan rings is 3. The van der Waals surface area contributed by atoms with Gasteiger partial charge in [0.25, 0.3) is 0 Å². The van der Waals surface area contributed by atoms with Gasteiger partial charge in [0, 0.05) is 111 Å². The molecule has 0 aliphatic heterocycles. The summed E-state index contributed by atoms with van der Waals surface area (Å²) in [7, 11) is 0. The predicted molar refractivity (Wildman–Crippen MR) is 482 cm³/mol. The van der Waals surface area contributed by atoms with Gasteiger partial charge in [0.15, 0.2) is 5.58 Å². The van der Waals surface area contributed by atoms with E-state index >= 15 is 0 Å². The van der Waals surface area contributed by atoms with Crippen molar-refractivity contribution in [1.29, 1.82) is 0 Å². The third-order valence-electron chi connectivity index (χ3n) is 22.3. The van der Waals surface area contributed by atoms with Crippen LogP contribution in [-0.2, 0) is 0 Å². The second-order valence-corrected chi connectivity index (χ2v) is 29.1. The van der Waals surface area contributed by atoms with Crippen LogP contribution in [-0.4, -0.2) is 28.7 Å². The van der Waals surface area contributed by atoms with Crippen LogP contribution in [0.15, 0.2) is 432 Å². The Bertz CT molecular complexity index is 7090. The number of rotatable bonds is 12. The Hall–Kier alpha value is -16.1. The fourth-order valence-corrected chi connectivity index (χ4v) is 17.1. The van der Waals surface area contributed by atoms with E-state index in [4.69, 9.17) is 28.2 Å². The first kappa shape index (κ1) is 67.8. The van der Waals surface area contributed by atoms with Crippen LogP contribution in [0.1, 0.15) is 0 Å². The Morgan fingerprint density at radius 3 is 0.906 bits per heavy atom. The van der Waals surface area contributed by atoms with Gasteiger partial charge in [0.1, 0.15) is 22.4 Å². The van der Waals surface area contributed by atoms with E-state index in [2.05, 4.69) is 380 Å². The third-order valence-corrected chi connectivity index (χ3v) is 22.3. The second-order valence-electron chi connectivity index (χ2n) is 29.1. The van der Waals surface area contributed by atoms with Crippen molar-refractivity contribution in [2.75, 3.05) is 14.7 Å². The largest absolute Gasteiger partial charge is 0.454 e. The van der Waals surface area contributed by atoms with E-state index in [1.54, 1.807) is 0 Å². The number of hydrogen-bond acceptors (Lipinski definition) is 9. The molecule has 0 atom stereocenters. The molecule has 117 heavy (non-hydrogen) atoms. The monoisotopic (exact) mass is 1500 g/mol. The number of para-hydroxylation sites is 12. The summed E-state index contributed by atoms with van der Waals surface area (Å²) in [5, 5.41) is 13.5. The van der Waals surface area contributed by atoms with Crippen molar-refractivity contribution in [1.82, 2.24) is 28.7 Å². The number of benzene rings is 15. The summed E-state index contributed by atoms with van der Waals surface area (Å²) >= 11 is 0. The summed E-state index contributed by atoms with van der Waals surface area (Å²) in [5.41, 5.74) is 24.2. The van der Waals surface area contributed by atoms with Gasteiger partial charge in [0.2, 0.25) is 11.4 Å². The van der Waals surface area contributed by atoms with Gasteiger partial charge >= 0.3 is 0 Å². The maximum atomic E-state index is 6.56. The molecule has 0 saturated heterocycles. The fraction of sp³-hybridized carbons (Fsp3) is 0. The molecule has 0 amide bonds. The lowest BCUT2D eigenvalue weighted by Gasteiger charge is -2.25.